The maximum atomic E-state index is 12.3. The number of carbonyl (C=O) groups is 3. The van der Waals surface area contributed by atoms with Crippen molar-refractivity contribution in [2.24, 2.45) is 0 Å². The van der Waals surface area contributed by atoms with Gasteiger partial charge < -0.3 is 19.8 Å². The van der Waals surface area contributed by atoms with Gasteiger partial charge in [0.15, 0.2) is 17.9 Å². The van der Waals surface area contributed by atoms with Crippen molar-refractivity contribution in [3.8, 4) is 17.1 Å². The number of oxazole rings is 1. The second-order valence-electron chi connectivity index (χ2n) is 6.84. The lowest BCUT2D eigenvalue weighted by molar-refractivity contribution is -0.132. The molecule has 3 aromatic rings. The van der Waals surface area contributed by atoms with Gasteiger partial charge in [-0.2, -0.15) is 0 Å². The molecule has 0 atom stereocenters. The summed E-state index contributed by atoms with van der Waals surface area (Å²) in [5.74, 6) is -0.541. The Kier molecular flexibility index (Phi) is 5.30. The number of rotatable bonds is 4. The predicted molar refractivity (Wildman–Crippen MR) is 109 cm³/mol. The molecule has 8 nitrogen and oxygen atoms in total. The van der Waals surface area contributed by atoms with Crippen LogP contribution in [-0.4, -0.2) is 29.7 Å². The molecule has 0 saturated heterocycles. The van der Waals surface area contributed by atoms with E-state index in [-0.39, 0.29) is 5.78 Å². The highest BCUT2D eigenvalue weighted by Crippen LogP contribution is 2.32. The average Bonchev–Trinajstić information content (AvgIpc) is 3.28. The Hall–Kier alpha value is -3.94. The number of hydrogen-bond donors (Lipinski definition) is 2. The van der Waals surface area contributed by atoms with Gasteiger partial charge in [-0.15, -0.1) is 0 Å². The summed E-state index contributed by atoms with van der Waals surface area (Å²) in [6.07, 6.45) is 4.96. The van der Waals surface area contributed by atoms with Crippen LogP contribution >= 0.6 is 0 Å². The second kappa shape index (κ2) is 8.20. The number of fused-ring (bicyclic) bond motifs is 1. The van der Waals surface area contributed by atoms with Gasteiger partial charge in [0.25, 0.3) is 0 Å². The van der Waals surface area contributed by atoms with Crippen LogP contribution in [-0.2, 0) is 16.0 Å². The summed E-state index contributed by atoms with van der Waals surface area (Å²) in [5.41, 5.74) is 3.11. The van der Waals surface area contributed by atoms with Crippen LogP contribution in [0.15, 0.2) is 53.4 Å². The molecule has 0 unspecified atom stereocenters. The average molecular weight is 405 g/mol. The Bertz CT molecular complexity index is 1120. The molecule has 0 aliphatic heterocycles. The van der Waals surface area contributed by atoms with E-state index in [9.17, 15) is 14.4 Å². The van der Waals surface area contributed by atoms with Crippen LogP contribution in [0.4, 0.5) is 11.4 Å². The standard InChI is InChI=1S/C22H19N3O5/c1-29-19-10-15(6-8-17(19)20-11-23-12-30-20)25-22(28)21(27)24-14-5-7-16-13(9-14)3-2-4-18(16)26/h5-12H,2-4H2,1H3,(H,24,27)(H,25,28). The summed E-state index contributed by atoms with van der Waals surface area (Å²) in [5, 5.41) is 5.12. The van der Waals surface area contributed by atoms with E-state index in [1.807, 2.05) is 0 Å². The topological polar surface area (TPSA) is 111 Å². The zero-order chi connectivity index (χ0) is 21.1. The Balaban J connectivity index is 1.45. The van der Waals surface area contributed by atoms with Crippen LogP contribution in [0, 0.1) is 0 Å². The van der Waals surface area contributed by atoms with Gasteiger partial charge in [-0.1, -0.05) is 0 Å². The fraction of sp³-hybridized carbons (Fsp3) is 0.182. The molecule has 1 aromatic heterocycles. The molecule has 30 heavy (non-hydrogen) atoms. The van der Waals surface area contributed by atoms with Crippen molar-refractivity contribution in [1.82, 2.24) is 4.98 Å². The lowest BCUT2D eigenvalue weighted by Crippen LogP contribution is -2.29. The summed E-state index contributed by atoms with van der Waals surface area (Å²) >= 11 is 0. The van der Waals surface area contributed by atoms with Crippen molar-refractivity contribution in [3.63, 3.8) is 0 Å². The van der Waals surface area contributed by atoms with Crippen molar-refractivity contribution in [3.05, 3.63) is 60.1 Å². The molecule has 0 radical (unpaired) electrons. The molecule has 4 rings (SSSR count). The third-order valence-corrected chi connectivity index (χ3v) is 4.88. The van der Waals surface area contributed by atoms with Crippen LogP contribution in [0.25, 0.3) is 11.3 Å². The number of Topliss-reactive ketones (excluding diaryl/α,β-unsaturated/α-hetero) is 1. The molecule has 0 saturated carbocycles. The molecule has 8 heteroatoms. The zero-order valence-electron chi connectivity index (χ0n) is 16.2. The predicted octanol–water partition coefficient (Wildman–Crippen LogP) is 3.45. The maximum absolute atomic E-state index is 12.3. The number of benzene rings is 2. The monoisotopic (exact) mass is 405 g/mol. The van der Waals surface area contributed by atoms with E-state index in [1.54, 1.807) is 42.6 Å². The Morgan fingerprint density at radius 3 is 2.37 bits per heavy atom. The lowest BCUT2D eigenvalue weighted by Gasteiger charge is -2.16. The molecular formula is C22H19N3O5. The van der Waals surface area contributed by atoms with Crippen LogP contribution < -0.4 is 15.4 Å². The van der Waals surface area contributed by atoms with Crippen LogP contribution in [0.1, 0.15) is 28.8 Å². The minimum Gasteiger partial charge on any atom is -0.496 e. The molecular weight excluding hydrogens is 386 g/mol. The summed E-state index contributed by atoms with van der Waals surface area (Å²) in [6, 6.07) is 9.99. The minimum atomic E-state index is -0.821. The third kappa shape index (κ3) is 3.93. The van der Waals surface area contributed by atoms with Crippen molar-refractivity contribution >= 4 is 29.0 Å². The van der Waals surface area contributed by atoms with E-state index in [0.29, 0.717) is 40.4 Å². The fourth-order valence-corrected chi connectivity index (χ4v) is 3.42. The van der Waals surface area contributed by atoms with E-state index in [1.165, 1.54) is 13.5 Å². The van der Waals surface area contributed by atoms with E-state index in [2.05, 4.69) is 15.6 Å². The van der Waals surface area contributed by atoms with Gasteiger partial charge in [-0.25, -0.2) is 4.98 Å². The number of ether oxygens (including phenoxy) is 1. The van der Waals surface area contributed by atoms with E-state index in [0.717, 1.165) is 18.4 Å². The van der Waals surface area contributed by atoms with Crippen molar-refractivity contribution in [2.75, 3.05) is 17.7 Å². The summed E-state index contributed by atoms with van der Waals surface area (Å²) in [4.78, 5) is 40.4. The molecule has 2 aromatic carbocycles. The molecule has 1 heterocycles. The molecule has 152 valence electrons. The van der Waals surface area contributed by atoms with E-state index >= 15 is 0 Å². The molecule has 1 aliphatic rings. The minimum absolute atomic E-state index is 0.106. The number of aromatic nitrogens is 1. The Labute approximate surface area is 172 Å². The SMILES string of the molecule is COc1cc(NC(=O)C(=O)Nc2ccc3c(c2)CCCC3=O)ccc1-c1cnco1. The molecule has 0 fully saturated rings. The van der Waals surface area contributed by atoms with Gasteiger partial charge in [0.1, 0.15) is 5.75 Å². The first kappa shape index (κ1) is 19.4. The summed E-state index contributed by atoms with van der Waals surface area (Å²) < 4.78 is 10.6. The van der Waals surface area contributed by atoms with Crippen LogP contribution in [0.5, 0.6) is 5.75 Å². The van der Waals surface area contributed by atoms with E-state index < -0.39 is 11.8 Å². The fourth-order valence-electron chi connectivity index (χ4n) is 3.42. The molecule has 0 bridgehead atoms. The largest absolute Gasteiger partial charge is 0.496 e. The van der Waals surface area contributed by atoms with Crippen molar-refractivity contribution in [1.29, 1.82) is 0 Å². The number of nitrogens with zero attached hydrogens (tertiary/aromatic N) is 1. The highest BCUT2D eigenvalue weighted by Gasteiger charge is 2.20. The van der Waals surface area contributed by atoms with Crippen molar-refractivity contribution < 1.29 is 23.5 Å². The van der Waals surface area contributed by atoms with Gasteiger partial charge in [0.05, 0.1) is 18.9 Å². The number of nitrogens with one attached hydrogen (secondary N) is 2. The van der Waals surface area contributed by atoms with Gasteiger partial charge >= 0.3 is 11.8 Å². The highest BCUT2D eigenvalue weighted by molar-refractivity contribution is 6.43. The molecule has 2 N–H and O–H groups in total. The number of ketones is 1. The number of amides is 2. The highest BCUT2D eigenvalue weighted by atomic mass is 16.5. The maximum Gasteiger partial charge on any atom is 0.314 e. The van der Waals surface area contributed by atoms with Crippen LogP contribution in [0.3, 0.4) is 0 Å². The normalized spacial score (nSPS) is 12.8. The molecule has 2 amide bonds. The first-order valence-corrected chi connectivity index (χ1v) is 9.40. The van der Waals surface area contributed by atoms with Gasteiger partial charge in [0, 0.05) is 29.4 Å². The lowest BCUT2D eigenvalue weighted by atomic mass is 9.90. The number of aryl methyl sites for hydroxylation is 1. The Morgan fingerprint density at radius 1 is 1.00 bits per heavy atom. The Morgan fingerprint density at radius 2 is 1.70 bits per heavy atom. The number of methoxy groups -OCH3 is 1. The van der Waals surface area contributed by atoms with Crippen LogP contribution in [0.2, 0.25) is 0 Å². The summed E-state index contributed by atoms with van der Waals surface area (Å²) in [6.45, 7) is 0. The molecule has 1 aliphatic carbocycles. The van der Waals surface area contributed by atoms with E-state index in [4.69, 9.17) is 9.15 Å². The number of anilines is 2. The second-order valence-corrected chi connectivity index (χ2v) is 6.84. The first-order valence-electron chi connectivity index (χ1n) is 9.40. The first-order chi connectivity index (χ1) is 14.5. The number of carbonyl (C=O) groups excluding carboxylic acids is 3. The van der Waals surface area contributed by atoms with Crippen molar-refractivity contribution in [2.45, 2.75) is 19.3 Å². The molecule has 0 spiro atoms. The third-order valence-electron chi connectivity index (χ3n) is 4.88. The van der Waals surface area contributed by atoms with Gasteiger partial charge in [-0.05, 0) is 48.7 Å². The number of hydrogen-bond acceptors (Lipinski definition) is 6. The smallest absolute Gasteiger partial charge is 0.314 e. The quantitative estimate of drug-likeness (QED) is 0.643. The zero-order valence-corrected chi connectivity index (χ0v) is 16.2. The van der Waals surface area contributed by atoms with Gasteiger partial charge in [0.2, 0.25) is 0 Å². The summed E-state index contributed by atoms with van der Waals surface area (Å²) in [7, 11) is 1.49. The van der Waals surface area contributed by atoms with Gasteiger partial charge in [-0.3, -0.25) is 14.4 Å².